The Kier molecular flexibility index (Phi) is 2.35. The van der Waals surface area contributed by atoms with Crippen molar-refractivity contribution in [3.63, 3.8) is 0 Å². The Morgan fingerprint density at radius 3 is 2.81 bits per heavy atom. The third-order valence-electron chi connectivity index (χ3n) is 2.06. The van der Waals surface area contributed by atoms with E-state index in [0.29, 0.717) is 0 Å². The topological polar surface area (TPSA) is 102 Å². The number of carboxylic acid groups (broad SMARTS) is 1. The van der Waals surface area contributed by atoms with Gasteiger partial charge in [0.2, 0.25) is 0 Å². The molecular weight excluding hydrogens is 218 g/mol. The summed E-state index contributed by atoms with van der Waals surface area (Å²) in [6.45, 7) is -0.226. The van der Waals surface area contributed by atoms with Gasteiger partial charge in [-0.05, 0) is 6.07 Å². The second-order valence-corrected chi connectivity index (χ2v) is 3.12. The molecule has 0 spiro atoms. The quantitative estimate of drug-likeness (QED) is 0.495. The Labute approximate surface area is 89.4 Å². The van der Waals surface area contributed by atoms with Gasteiger partial charge in [-0.2, -0.15) is 0 Å². The van der Waals surface area contributed by atoms with E-state index in [1.165, 1.54) is 18.2 Å². The van der Waals surface area contributed by atoms with E-state index in [-0.39, 0.29) is 23.8 Å². The lowest BCUT2D eigenvalue weighted by Crippen LogP contribution is -2.45. The average molecular weight is 224 g/mol. The number of aliphatic carboxylic acids is 1. The van der Waals surface area contributed by atoms with Crippen molar-refractivity contribution < 1.29 is 24.3 Å². The molecule has 0 amide bonds. The van der Waals surface area contributed by atoms with Crippen molar-refractivity contribution in [2.75, 3.05) is 6.61 Å². The van der Waals surface area contributed by atoms with E-state index in [9.17, 15) is 20.0 Å². The van der Waals surface area contributed by atoms with E-state index >= 15 is 0 Å². The van der Waals surface area contributed by atoms with E-state index in [4.69, 9.17) is 9.47 Å². The smallest absolute Gasteiger partial charge is 0.273 e. The van der Waals surface area contributed by atoms with E-state index < -0.39 is 17.0 Å². The summed E-state index contributed by atoms with van der Waals surface area (Å²) in [5, 5.41) is 21.0. The Morgan fingerprint density at radius 1 is 1.44 bits per heavy atom. The zero-order valence-corrected chi connectivity index (χ0v) is 7.91. The fourth-order valence-electron chi connectivity index (χ4n) is 1.29. The molecule has 2 rings (SSSR count). The van der Waals surface area contributed by atoms with Gasteiger partial charge in [0.05, 0.1) is 17.0 Å². The molecule has 1 aliphatic heterocycles. The van der Waals surface area contributed by atoms with Crippen LogP contribution < -0.4 is 14.6 Å². The van der Waals surface area contributed by atoms with Crippen molar-refractivity contribution in [3.05, 3.63) is 28.3 Å². The molecule has 7 nitrogen and oxygen atoms in total. The number of hydrogen-bond donors (Lipinski definition) is 0. The molecule has 0 saturated carbocycles. The summed E-state index contributed by atoms with van der Waals surface area (Å²) in [4.78, 5) is 20.4. The third-order valence-corrected chi connectivity index (χ3v) is 2.06. The second kappa shape index (κ2) is 3.69. The van der Waals surface area contributed by atoms with Crippen LogP contribution in [0.15, 0.2) is 18.2 Å². The van der Waals surface area contributed by atoms with Crippen LogP contribution >= 0.6 is 0 Å². The molecule has 0 N–H and O–H groups in total. The van der Waals surface area contributed by atoms with Crippen LogP contribution in [0, 0.1) is 10.1 Å². The highest BCUT2D eigenvalue weighted by Crippen LogP contribution is 2.34. The number of carboxylic acids is 1. The molecule has 0 unspecified atom stereocenters. The number of non-ortho nitro benzene ring substituents is 1. The van der Waals surface area contributed by atoms with Gasteiger partial charge >= 0.3 is 0 Å². The lowest BCUT2D eigenvalue weighted by atomic mass is 10.2. The highest BCUT2D eigenvalue weighted by atomic mass is 16.6. The van der Waals surface area contributed by atoms with Crippen LogP contribution in [0.5, 0.6) is 11.5 Å². The van der Waals surface area contributed by atoms with Gasteiger partial charge in [-0.25, -0.2) is 0 Å². The molecule has 1 atom stereocenters. The van der Waals surface area contributed by atoms with Crippen molar-refractivity contribution in [2.45, 2.75) is 6.10 Å². The maximum Gasteiger partial charge on any atom is 0.273 e. The number of nitro groups is 1. The van der Waals surface area contributed by atoms with Gasteiger partial charge in [0.1, 0.15) is 6.61 Å². The molecule has 16 heavy (non-hydrogen) atoms. The van der Waals surface area contributed by atoms with Crippen molar-refractivity contribution in [2.24, 2.45) is 0 Å². The van der Waals surface area contributed by atoms with Crippen LogP contribution in [-0.2, 0) is 4.79 Å². The Bertz CT molecular complexity index is 457. The zero-order chi connectivity index (χ0) is 11.7. The summed E-state index contributed by atoms with van der Waals surface area (Å²) in [6, 6.07) is 3.68. The number of hydrogen-bond acceptors (Lipinski definition) is 6. The summed E-state index contributed by atoms with van der Waals surface area (Å²) in [5.74, 6) is -1.07. The molecule has 0 bridgehead atoms. The summed E-state index contributed by atoms with van der Waals surface area (Å²) in [5.41, 5.74) is -0.144. The summed E-state index contributed by atoms with van der Waals surface area (Å²) in [6.07, 6.45) is -1.19. The van der Waals surface area contributed by atoms with Gasteiger partial charge in [-0.15, -0.1) is 0 Å². The molecule has 7 heteroatoms. The Hall–Kier alpha value is -2.31. The normalized spacial score (nSPS) is 17.9. The monoisotopic (exact) mass is 224 g/mol. The highest BCUT2D eigenvalue weighted by molar-refractivity contribution is 5.71. The zero-order valence-electron chi connectivity index (χ0n) is 7.91. The molecule has 0 fully saturated rings. The van der Waals surface area contributed by atoms with Crippen LogP contribution in [0.4, 0.5) is 5.69 Å². The maximum atomic E-state index is 10.5. The first-order chi connectivity index (χ1) is 7.58. The minimum atomic E-state index is -1.39. The van der Waals surface area contributed by atoms with Gasteiger partial charge in [0.25, 0.3) is 5.69 Å². The van der Waals surface area contributed by atoms with Crippen molar-refractivity contribution >= 4 is 11.7 Å². The molecule has 0 radical (unpaired) electrons. The van der Waals surface area contributed by atoms with Crippen molar-refractivity contribution in [3.8, 4) is 11.5 Å². The third kappa shape index (κ3) is 1.74. The first kappa shape index (κ1) is 10.2. The fraction of sp³-hybridized carbons (Fsp3) is 0.222. The maximum absolute atomic E-state index is 10.5. The van der Waals surface area contributed by atoms with Gasteiger partial charge in [-0.3, -0.25) is 10.1 Å². The van der Waals surface area contributed by atoms with E-state index in [2.05, 4.69) is 0 Å². The van der Waals surface area contributed by atoms with Gasteiger partial charge in [0, 0.05) is 6.07 Å². The minimum absolute atomic E-state index is 0.144. The number of fused-ring (bicyclic) bond motifs is 1. The van der Waals surface area contributed by atoms with E-state index in [1.54, 1.807) is 0 Å². The predicted octanol–water partition coefficient (Wildman–Crippen LogP) is -0.516. The first-order valence-corrected chi connectivity index (χ1v) is 4.36. The number of nitro benzene ring substituents is 1. The van der Waals surface area contributed by atoms with E-state index in [1.807, 2.05) is 0 Å². The fourth-order valence-corrected chi connectivity index (χ4v) is 1.29. The van der Waals surface area contributed by atoms with Crippen molar-refractivity contribution in [1.29, 1.82) is 0 Å². The summed E-state index contributed by atoms with van der Waals surface area (Å²) >= 11 is 0. The van der Waals surface area contributed by atoms with Crippen LogP contribution in [0.2, 0.25) is 0 Å². The first-order valence-electron chi connectivity index (χ1n) is 4.36. The van der Waals surface area contributed by atoms with Gasteiger partial charge in [0.15, 0.2) is 17.6 Å². The lowest BCUT2D eigenvalue weighted by Gasteiger charge is -2.26. The molecule has 1 aromatic carbocycles. The molecule has 1 heterocycles. The molecule has 1 aromatic rings. The Balaban J connectivity index is 2.29. The Morgan fingerprint density at radius 2 is 2.19 bits per heavy atom. The second-order valence-electron chi connectivity index (χ2n) is 3.12. The van der Waals surface area contributed by atoms with E-state index in [0.717, 1.165) is 0 Å². The minimum Gasteiger partial charge on any atom is -0.546 e. The van der Waals surface area contributed by atoms with Crippen LogP contribution in [-0.4, -0.2) is 23.6 Å². The number of carbonyl (C=O) groups excluding carboxylic acids is 1. The average Bonchev–Trinajstić information content (AvgIpc) is 2.27. The van der Waals surface area contributed by atoms with Crippen LogP contribution in [0.1, 0.15) is 0 Å². The molecular formula is C9H6NO6-. The standard InChI is InChI=1S/C9H7NO6/c11-9(12)8-4-15-7-3-5(10(13)14)1-2-6(7)16-8/h1-3,8H,4H2,(H,11,12)/p-1/t8-/m1/s1. The summed E-state index contributed by atoms with van der Waals surface area (Å²) in [7, 11) is 0. The number of rotatable bonds is 2. The summed E-state index contributed by atoms with van der Waals surface area (Å²) < 4.78 is 10.1. The molecule has 0 aromatic heterocycles. The van der Waals surface area contributed by atoms with Gasteiger partial charge in [-0.1, -0.05) is 0 Å². The lowest BCUT2D eigenvalue weighted by molar-refractivity contribution is -0.385. The molecule has 1 aliphatic rings. The predicted molar refractivity (Wildman–Crippen MR) is 48.0 cm³/mol. The number of nitrogens with zero attached hydrogens (tertiary/aromatic N) is 1. The van der Waals surface area contributed by atoms with Crippen LogP contribution in [0.25, 0.3) is 0 Å². The highest BCUT2D eigenvalue weighted by Gasteiger charge is 2.23. The SMILES string of the molecule is O=C([O-])[C@H]1COc2cc([N+](=O)[O-])ccc2O1. The molecule has 0 aliphatic carbocycles. The molecule has 0 saturated heterocycles. The number of ether oxygens (including phenoxy) is 2. The number of carbonyl (C=O) groups is 1. The molecule has 84 valence electrons. The largest absolute Gasteiger partial charge is 0.546 e. The van der Waals surface area contributed by atoms with Crippen LogP contribution in [0.3, 0.4) is 0 Å². The number of benzene rings is 1. The van der Waals surface area contributed by atoms with Crippen molar-refractivity contribution in [1.82, 2.24) is 0 Å². The van der Waals surface area contributed by atoms with Gasteiger partial charge < -0.3 is 19.4 Å².